The standard InChI is InChI=1S/C24H35FN6O/c1-17(2)20-15-28-31-23(27-14-18-9-6-7-11-21(18)25)13-22(30-24(20)31)29-19(16-32)10-5-3-4-8-12-26/h6-7,9,11,13,15,17,19,27,32H,3-5,8,10,12,14,16,26H2,1-2H3,(H,29,30)/t19-/m1/s1. The van der Waals surface area contributed by atoms with Crippen molar-refractivity contribution in [1.82, 2.24) is 14.6 Å². The van der Waals surface area contributed by atoms with Crippen molar-refractivity contribution in [3.05, 3.63) is 53.5 Å². The second-order valence-corrected chi connectivity index (χ2v) is 8.48. The third-order valence-electron chi connectivity index (χ3n) is 5.62. The van der Waals surface area contributed by atoms with Gasteiger partial charge in [-0.3, -0.25) is 0 Å². The fourth-order valence-corrected chi connectivity index (χ4v) is 3.72. The normalized spacial score (nSPS) is 12.4. The predicted octanol–water partition coefficient (Wildman–Crippen LogP) is 4.29. The van der Waals surface area contributed by atoms with Crippen LogP contribution < -0.4 is 16.4 Å². The van der Waals surface area contributed by atoms with Gasteiger partial charge in [0.25, 0.3) is 0 Å². The summed E-state index contributed by atoms with van der Waals surface area (Å²) < 4.78 is 15.8. The summed E-state index contributed by atoms with van der Waals surface area (Å²) in [6.07, 6.45) is 6.93. The number of hydrogen-bond acceptors (Lipinski definition) is 6. The summed E-state index contributed by atoms with van der Waals surface area (Å²) >= 11 is 0. The number of halogens is 1. The average molecular weight is 443 g/mol. The molecule has 0 radical (unpaired) electrons. The van der Waals surface area contributed by atoms with Gasteiger partial charge in [0, 0.05) is 23.7 Å². The maximum atomic E-state index is 14.1. The summed E-state index contributed by atoms with van der Waals surface area (Å²) in [6.45, 7) is 5.27. The zero-order valence-corrected chi connectivity index (χ0v) is 19.0. The van der Waals surface area contributed by atoms with Gasteiger partial charge in [0.1, 0.15) is 17.5 Å². The van der Waals surface area contributed by atoms with Crippen LogP contribution in [0.5, 0.6) is 0 Å². The second kappa shape index (κ2) is 11.8. The number of benzene rings is 1. The lowest BCUT2D eigenvalue weighted by Crippen LogP contribution is -2.24. The van der Waals surface area contributed by atoms with Crippen LogP contribution in [0, 0.1) is 5.82 Å². The van der Waals surface area contributed by atoms with E-state index in [-0.39, 0.29) is 24.4 Å². The molecule has 0 aliphatic carbocycles. The van der Waals surface area contributed by atoms with Crippen LogP contribution in [0.25, 0.3) is 5.65 Å². The minimum absolute atomic E-state index is 0.0258. The molecule has 2 aromatic heterocycles. The molecule has 1 atom stereocenters. The van der Waals surface area contributed by atoms with Crippen molar-refractivity contribution in [3.8, 4) is 0 Å². The van der Waals surface area contributed by atoms with Gasteiger partial charge >= 0.3 is 0 Å². The van der Waals surface area contributed by atoms with Crippen LogP contribution in [0.3, 0.4) is 0 Å². The van der Waals surface area contributed by atoms with E-state index in [0.717, 1.165) is 49.9 Å². The van der Waals surface area contributed by atoms with Crippen LogP contribution in [0.15, 0.2) is 36.5 Å². The molecule has 0 bridgehead atoms. The third-order valence-corrected chi connectivity index (χ3v) is 5.62. The van der Waals surface area contributed by atoms with Crippen molar-refractivity contribution in [2.75, 3.05) is 23.8 Å². The molecule has 0 aliphatic rings. The smallest absolute Gasteiger partial charge is 0.163 e. The SMILES string of the molecule is CC(C)c1cnn2c(NCc3ccccc3F)cc(N[C@@H](CO)CCCCCCN)nc12. The molecule has 0 fully saturated rings. The Kier molecular flexibility index (Phi) is 8.81. The Morgan fingerprint density at radius 2 is 1.94 bits per heavy atom. The summed E-state index contributed by atoms with van der Waals surface area (Å²) in [4.78, 5) is 4.78. The van der Waals surface area contributed by atoms with Crippen molar-refractivity contribution in [2.24, 2.45) is 5.73 Å². The van der Waals surface area contributed by atoms with Crippen LogP contribution >= 0.6 is 0 Å². The molecule has 2 heterocycles. The maximum absolute atomic E-state index is 14.1. The molecule has 3 aromatic rings. The van der Waals surface area contributed by atoms with Crippen molar-refractivity contribution >= 4 is 17.3 Å². The molecule has 8 heteroatoms. The van der Waals surface area contributed by atoms with Gasteiger partial charge < -0.3 is 21.5 Å². The molecule has 0 saturated heterocycles. The fraction of sp³-hybridized carbons (Fsp3) is 0.500. The quantitative estimate of drug-likeness (QED) is 0.295. The summed E-state index contributed by atoms with van der Waals surface area (Å²) in [6, 6.07) is 8.48. The first-order valence-corrected chi connectivity index (χ1v) is 11.5. The fourth-order valence-electron chi connectivity index (χ4n) is 3.72. The molecule has 7 nitrogen and oxygen atoms in total. The van der Waals surface area contributed by atoms with Crippen LogP contribution in [0.2, 0.25) is 0 Å². The molecular formula is C24H35FN6O. The minimum Gasteiger partial charge on any atom is -0.394 e. The van der Waals surface area contributed by atoms with Gasteiger partial charge in [-0.15, -0.1) is 0 Å². The first-order chi connectivity index (χ1) is 15.5. The van der Waals surface area contributed by atoms with E-state index in [1.807, 2.05) is 18.3 Å². The highest BCUT2D eigenvalue weighted by atomic mass is 19.1. The largest absolute Gasteiger partial charge is 0.394 e. The van der Waals surface area contributed by atoms with E-state index in [2.05, 4.69) is 29.6 Å². The van der Waals surface area contributed by atoms with E-state index < -0.39 is 0 Å². The molecule has 5 N–H and O–H groups in total. The van der Waals surface area contributed by atoms with Gasteiger partial charge in [0.05, 0.1) is 18.8 Å². The Hall–Kier alpha value is -2.71. The number of nitrogens with one attached hydrogen (secondary N) is 2. The molecule has 0 spiro atoms. The monoisotopic (exact) mass is 442 g/mol. The number of unbranched alkanes of at least 4 members (excludes halogenated alkanes) is 3. The highest BCUT2D eigenvalue weighted by Gasteiger charge is 2.16. The highest BCUT2D eigenvalue weighted by molar-refractivity contribution is 5.61. The van der Waals surface area contributed by atoms with Crippen LogP contribution in [0.1, 0.15) is 63.0 Å². The van der Waals surface area contributed by atoms with E-state index in [1.54, 1.807) is 16.6 Å². The Bertz CT molecular complexity index is 990. The zero-order chi connectivity index (χ0) is 22.9. The lowest BCUT2D eigenvalue weighted by atomic mass is 10.1. The van der Waals surface area contributed by atoms with Crippen molar-refractivity contribution < 1.29 is 9.50 Å². The van der Waals surface area contributed by atoms with E-state index in [1.165, 1.54) is 6.07 Å². The highest BCUT2D eigenvalue weighted by Crippen LogP contribution is 2.25. The molecule has 0 aliphatic heterocycles. The number of nitrogens with two attached hydrogens (primary N) is 1. The predicted molar refractivity (Wildman–Crippen MR) is 127 cm³/mol. The van der Waals surface area contributed by atoms with Crippen molar-refractivity contribution in [2.45, 2.75) is 64.5 Å². The number of rotatable bonds is 13. The summed E-state index contributed by atoms with van der Waals surface area (Å²) in [7, 11) is 0. The molecule has 1 aromatic carbocycles. The number of aliphatic hydroxyl groups excluding tert-OH is 1. The van der Waals surface area contributed by atoms with Gasteiger partial charge in [-0.1, -0.05) is 51.3 Å². The third kappa shape index (κ3) is 6.17. The van der Waals surface area contributed by atoms with Gasteiger partial charge in [-0.05, 0) is 31.4 Å². The number of aliphatic hydroxyl groups is 1. The number of nitrogens with zero attached hydrogens (tertiary/aromatic N) is 3. The van der Waals surface area contributed by atoms with Gasteiger partial charge in [0.15, 0.2) is 5.65 Å². The lowest BCUT2D eigenvalue weighted by molar-refractivity contribution is 0.266. The summed E-state index contributed by atoms with van der Waals surface area (Å²) in [5, 5.41) is 21.1. The average Bonchev–Trinajstić information content (AvgIpc) is 3.22. The first kappa shape index (κ1) is 23.9. The summed E-state index contributed by atoms with van der Waals surface area (Å²) in [5.74, 6) is 1.39. The number of aromatic nitrogens is 3. The molecule has 0 amide bonds. The molecule has 174 valence electrons. The van der Waals surface area contributed by atoms with Crippen molar-refractivity contribution in [3.63, 3.8) is 0 Å². The van der Waals surface area contributed by atoms with E-state index in [0.29, 0.717) is 23.7 Å². The first-order valence-electron chi connectivity index (χ1n) is 11.5. The zero-order valence-electron chi connectivity index (χ0n) is 19.0. The van der Waals surface area contributed by atoms with Crippen molar-refractivity contribution in [1.29, 1.82) is 0 Å². The topological polar surface area (TPSA) is 100 Å². The summed E-state index contributed by atoms with van der Waals surface area (Å²) in [5.41, 5.74) is 7.92. The Morgan fingerprint density at radius 3 is 2.66 bits per heavy atom. The molecule has 32 heavy (non-hydrogen) atoms. The maximum Gasteiger partial charge on any atom is 0.163 e. The van der Waals surface area contributed by atoms with E-state index in [4.69, 9.17) is 10.7 Å². The second-order valence-electron chi connectivity index (χ2n) is 8.48. The Balaban J connectivity index is 1.80. The lowest BCUT2D eigenvalue weighted by Gasteiger charge is -2.18. The number of fused-ring (bicyclic) bond motifs is 1. The Morgan fingerprint density at radius 1 is 1.16 bits per heavy atom. The Labute approximate surface area is 189 Å². The van der Waals surface area contributed by atoms with Crippen LogP contribution in [-0.2, 0) is 6.54 Å². The number of anilines is 2. The number of hydrogen-bond donors (Lipinski definition) is 4. The van der Waals surface area contributed by atoms with E-state index in [9.17, 15) is 9.50 Å². The van der Waals surface area contributed by atoms with Gasteiger partial charge in [-0.2, -0.15) is 9.61 Å². The molecular weight excluding hydrogens is 407 g/mol. The molecule has 0 unspecified atom stereocenters. The van der Waals surface area contributed by atoms with Gasteiger partial charge in [-0.25, -0.2) is 9.37 Å². The van der Waals surface area contributed by atoms with E-state index >= 15 is 0 Å². The van der Waals surface area contributed by atoms with Gasteiger partial charge in [0.2, 0.25) is 0 Å². The van der Waals surface area contributed by atoms with Crippen LogP contribution in [0.4, 0.5) is 16.0 Å². The minimum atomic E-state index is -0.248. The van der Waals surface area contributed by atoms with Crippen LogP contribution in [-0.4, -0.2) is 38.9 Å². The molecule has 3 rings (SSSR count). The molecule has 0 saturated carbocycles.